The summed E-state index contributed by atoms with van der Waals surface area (Å²) in [5.74, 6) is 0.426. The number of thiazole rings is 1. The van der Waals surface area contributed by atoms with Crippen LogP contribution in [-0.4, -0.2) is 17.5 Å². The van der Waals surface area contributed by atoms with Gasteiger partial charge in [0.2, 0.25) is 0 Å². The van der Waals surface area contributed by atoms with E-state index >= 15 is 0 Å². The number of rotatable bonds is 6. The lowest BCUT2D eigenvalue weighted by molar-refractivity contribution is 0.618. The van der Waals surface area contributed by atoms with Crippen molar-refractivity contribution in [1.29, 1.82) is 0 Å². The molecule has 0 aliphatic rings. The van der Waals surface area contributed by atoms with Crippen molar-refractivity contribution >= 4 is 57.2 Å². The fourth-order valence-corrected chi connectivity index (χ4v) is 2.95. The highest BCUT2D eigenvalue weighted by Gasteiger charge is 2.04. The van der Waals surface area contributed by atoms with Crippen LogP contribution < -0.4 is 10.6 Å². The molecule has 0 aliphatic carbocycles. The van der Waals surface area contributed by atoms with E-state index in [1.54, 1.807) is 17.4 Å². The second-order valence-electron chi connectivity index (χ2n) is 4.87. The minimum atomic E-state index is -0.273. The summed E-state index contributed by atoms with van der Waals surface area (Å²) in [5.41, 5.74) is 0.824. The molecule has 2 aromatic rings. The zero-order valence-corrected chi connectivity index (χ0v) is 18.3. The maximum absolute atomic E-state index is 13.5. The van der Waals surface area contributed by atoms with Crippen LogP contribution in [0.2, 0.25) is 0 Å². The average Bonchev–Trinajstić information content (AvgIpc) is 3.01. The molecule has 1 aromatic heterocycles. The molecule has 0 spiro atoms. The molecular formula is C16H21BrFIN4S. The van der Waals surface area contributed by atoms with Gasteiger partial charge in [-0.25, -0.2) is 14.4 Å². The number of aliphatic imine (C=N–C) groups is 1. The monoisotopic (exact) mass is 526 g/mol. The Morgan fingerprint density at radius 2 is 2.12 bits per heavy atom. The third-order valence-electron chi connectivity index (χ3n) is 3.10. The minimum absolute atomic E-state index is 0. The van der Waals surface area contributed by atoms with Crippen LogP contribution in [0.1, 0.15) is 29.3 Å². The van der Waals surface area contributed by atoms with Gasteiger partial charge < -0.3 is 10.6 Å². The van der Waals surface area contributed by atoms with E-state index in [1.165, 1.54) is 10.9 Å². The normalized spacial score (nSPS) is 11.1. The lowest BCUT2D eigenvalue weighted by Gasteiger charge is -2.10. The number of guanidine groups is 1. The molecule has 132 valence electrons. The quantitative estimate of drug-likeness (QED) is 0.331. The predicted octanol–water partition coefficient (Wildman–Crippen LogP) is 4.48. The smallest absolute Gasteiger partial charge is 0.191 e. The summed E-state index contributed by atoms with van der Waals surface area (Å²) < 4.78 is 14.0. The molecule has 24 heavy (non-hydrogen) atoms. The number of aryl methyl sites for hydroxylation is 1. The predicted molar refractivity (Wildman–Crippen MR) is 113 cm³/mol. The third kappa shape index (κ3) is 6.64. The average molecular weight is 527 g/mol. The second kappa shape index (κ2) is 11.0. The van der Waals surface area contributed by atoms with Crippen LogP contribution in [0.4, 0.5) is 4.39 Å². The largest absolute Gasteiger partial charge is 0.357 e. The molecular weight excluding hydrogens is 506 g/mol. The summed E-state index contributed by atoms with van der Waals surface area (Å²) in [5, 5.41) is 7.47. The summed E-state index contributed by atoms with van der Waals surface area (Å²) in [6, 6.07) is 5.04. The fraction of sp³-hybridized carbons (Fsp3) is 0.375. The Labute approximate surface area is 171 Å². The SMILES string of the molecule is CCNC(=NCc1ccc(Br)c(F)c1)NCc1ncc(CC)s1.I. The molecule has 1 heterocycles. The van der Waals surface area contributed by atoms with Gasteiger partial charge in [-0.1, -0.05) is 13.0 Å². The van der Waals surface area contributed by atoms with E-state index in [9.17, 15) is 4.39 Å². The number of aromatic nitrogens is 1. The van der Waals surface area contributed by atoms with Crippen molar-refractivity contribution < 1.29 is 4.39 Å². The van der Waals surface area contributed by atoms with Crippen LogP contribution in [-0.2, 0) is 19.5 Å². The molecule has 0 amide bonds. The summed E-state index contributed by atoms with van der Waals surface area (Å²) >= 11 is 4.85. The van der Waals surface area contributed by atoms with Gasteiger partial charge in [-0.2, -0.15) is 0 Å². The van der Waals surface area contributed by atoms with Crippen molar-refractivity contribution in [2.75, 3.05) is 6.54 Å². The first-order chi connectivity index (χ1) is 11.1. The molecule has 0 saturated carbocycles. The topological polar surface area (TPSA) is 49.3 Å². The van der Waals surface area contributed by atoms with Crippen molar-refractivity contribution in [2.24, 2.45) is 4.99 Å². The number of benzene rings is 1. The van der Waals surface area contributed by atoms with Crippen molar-refractivity contribution in [3.8, 4) is 0 Å². The maximum atomic E-state index is 13.5. The molecule has 4 nitrogen and oxygen atoms in total. The Hall–Kier alpha value is -0.740. The molecule has 0 unspecified atom stereocenters. The number of nitrogens with one attached hydrogen (secondary N) is 2. The summed E-state index contributed by atoms with van der Waals surface area (Å²) in [6.45, 7) is 5.93. The summed E-state index contributed by atoms with van der Waals surface area (Å²) in [7, 11) is 0. The zero-order valence-electron chi connectivity index (χ0n) is 13.6. The molecule has 0 saturated heterocycles. The first-order valence-electron chi connectivity index (χ1n) is 7.52. The first-order valence-corrected chi connectivity index (χ1v) is 9.13. The van der Waals surface area contributed by atoms with E-state index in [4.69, 9.17) is 0 Å². The van der Waals surface area contributed by atoms with Gasteiger partial charge in [0, 0.05) is 17.6 Å². The molecule has 0 radical (unpaired) electrons. The fourth-order valence-electron chi connectivity index (χ4n) is 1.90. The van der Waals surface area contributed by atoms with E-state index in [1.807, 2.05) is 19.2 Å². The lowest BCUT2D eigenvalue weighted by Crippen LogP contribution is -2.36. The highest BCUT2D eigenvalue weighted by Crippen LogP contribution is 2.17. The highest BCUT2D eigenvalue weighted by atomic mass is 127. The molecule has 0 fully saturated rings. The van der Waals surface area contributed by atoms with Crippen molar-refractivity contribution in [1.82, 2.24) is 15.6 Å². The summed E-state index contributed by atoms with van der Waals surface area (Å²) in [6.07, 6.45) is 2.91. The number of nitrogens with zero attached hydrogens (tertiary/aromatic N) is 2. The molecule has 2 rings (SSSR count). The van der Waals surface area contributed by atoms with Crippen molar-refractivity contribution in [2.45, 2.75) is 33.4 Å². The van der Waals surface area contributed by atoms with Crippen LogP contribution in [0.3, 0.4) is 0 Å². The van der Waals surface area contributed by atoms with Crippen LogP contribution in [0.5, 0.6) is 0 Å². The van der Waals surface area contributed by atoms with Crippen LogP contribution in [0.25, 0.3) is 0 Å². The van der Waals surface area contributed by atoms with Gasteiger partial charge in [-0.3, -0.25) is 0 Å². The van der Waals surface area contributed by atoms with Gasteiger partial charge in [0.15, 0.2) is 5.96 Å². The van der Waals surface area contributed by atoms with Gasteiger partial charge in [-0.15, -0.1) is 35.3 Å². The van der Waals surface area contributed by atoms with E-state index in [-0.39, 0.29) is 29.8 Å². The summed E-state index contributed by atoms with van der Waals surface area (Å²) in [4.78, 5) is 10.1. The molecule has 8 heteroatoms. The van der Waals surface area contributed by atoms with E-state index in [0.717, 1.165) is 23.5 Å². The Morgan fingerprint density at radius 3 is 2.75 bits per heavy atom. The van der Waals surface area contributed by atoms with E-state index in [2.05, 4.69) is 43.5 Å². The van der Waals surface area contributed by atoms with E-state index in [0.29, 0.717) is 23.5 Å². The highest BCUT2D eigenvalue weighted by molar-refractivity contribution is 14.0. The molecule has 1 aromatic carbocycles. The van der Waals surface area contributed by atoms with E-state index < -0.39 is 0 Å². The number of halogens is 3. The van der Waals surface area contributed by atoms with Gasteiger partial charge in [0.1, 0.15) is 10.8 Å². The Morgan fingerprint density at radius 1 is 1.33 bits per heavy atom. The Kier molecular flexibility index (Phi) is 9.75. The van der Waals surface area contributed by atoms with Crippen LogP contribution in [0.15, 0.2) is 33.9 Å². The Bertz CT molecular complexity index is 678. The minimum Gasteiger partial charge on any atom is -0.357 e. The second-order valence-corrected chi connectivity index (χ2v) is 6.93. The van der Waals surface area contributed by atoms with Gasteiger partial charge >= 0.3 is 0 Å². The lowest BCUT2D eigenvalue weighted by atomic mass is 10.2. The van der Waals surface area contributed by atoms with Crippen LogP contribution in [0, 0.1) is 5.82 Å². The van der Waals surface area contributed by atoms with Crippen molar-refractivity contribution in [3.05, 3.63) is 50.1 Å². The first kappa shape index (κ1) is 21.3. The molecule has 0 atom stereocenters. The third-order valence-corrected chi connectivity index (χ3v) is 4.89. The van der Waals surface area contributed by atoms with Gasteiger partial charge in [0.05, 0.1) is 17.6 Å². The van der Waals surface area contributed by atoms with Crippen LogP contribution >= 0.6 is 51.2 Å². The number of hydrogen-bond acceptors (Lipinski definition) is 3. The molecule has 0 aliphatic heterocycles. The Balaban J connectivity index is 0.00000288. The molecule has 0 bridgehead atoms. The van der Waals surface area contributed by atoms with Crippen molar-refractivity contribution in [3.63, 3.8) is 0 Å². The van der Waals surface area contributed by atoms with Gasteiger partial charge in [-0.05, 0) is 47.0 Å². The number of hydrogen-bond donors (Lipinski definition) is 2. The zero-order chi connectivity index (χ0) is 16.7. The maximum Gasteiger partial charge on any atom is 0.191 e. The molecule has 2 N–H and O–H groups in total. The standard InChI is InChI=1S/C16H20BrFN4S.HI/c1-3-12-9-20-15(23-12)10-22-16(19-4-2)21-8-11-5-6-13(17)14(18)7-11;/h5-7,9H,3-4,8,10H2,1-2H3,(H2,19,21,22);1H. The van der Waals surface area contributed by atoms with Gasteiger partial charge in [0.25, 0.3) is 0 Å².